The van der Waals surface area contributed by atoms with E-state index in [9.17, 15) is 14.4 Å². The lowest BCUT2D eigenvalue weighted by molar-refractivity contribution is -0.167. The molecule has 0 aliphatic heterocycles. The fraction of sp³-hybridized carbons (Fsp3) is 0.476. The number of carbonyl (C=O) groups excluding carboxylic acids is 3. The van der Waals surface area contributed by atoms with E-state index in [0.29, 0.717) is 24.0 Å². The molecule has 2 bridgehead atoms. The van der Waals surface area contributed by atoms with Crippen molar-refractivity contribution in [2.45, 2.75) is 13.3 Å². The Morgan fingerprint density at radius 2 is 1.50 bits per heavy atom. The summed E-state index contributed by atoms with van der Waals surface area (Å²) >= 11 is 0. The molecule has 5 nitrogen and oxygen atoms in total. The lowest BCUT2D eigenvalue weighted by Gasteiger charge is -2.41. The van der Waals surface area contributed by atoms with Gasteiger partial charge in [0.15, 0.2) is 12.4 Å². The molecule has 0 radical (unpaired) electrons. The molecule has 0 N–H and O–H groups in total. The van der Waals surface area contributed by atoms with E-state index in [2.05, 4.69) is 12.2 Å². The number of rotatable bonds is 6. The van der Waals surface area contributed by atoms with Gasteiger partial charge in [-0.05, 0) is 37.0 Å². The van der Waals surface area contributed by atoms with Crippen molar-refractivity contribution < 1.29 is 23.9 Å². The third-order valence-corrected chi connectivity index (χ3v) is 5.92. The predicted octanol–water partition coefficient (Wildman–Crippen LogP) is 2.66. The first-order chi connectivity index (χ1) is 12.6. The van der Waals surface area contributed by atoms with Crippen LogP contribution >= 0.6 is 0 Å². The van der Waals surface area contributed by atoms with Crippen molar-refractivity contribution in [3.05, 3.63) is 48.0 Å². The molecule has 1 aromatic rings. The summed E-state index contributed by atoms with van der Waals surface area (Å²) in [6.07, 6.45) is 5.17. The summed E-state index contributed by atoms with van der Waals surface area (Å²) in [4.78, 5) is 37.5. The maximum absolute atomic E-state index is 12.8. The first kappa shape index (κ1) is 17.0. The highest BCUT2D eigenvalue weighted by molar-refractivity contribution is 5.98. The molecule has 0 amide bonds. The van der Waals surface area contributed by atoms with E-state index in [-0.39, 0.29) is 30.2 Å². The fourth-order valence-corrected chi connectivity index (χ4v) is 4.70. The maximum Gasteiger partial charge on any atom is 0.310 e. The van der Waals surface area contributed by atoms with E-state index in [1.807, 2.05) is 6.07 Å². The predicted molar refractivity (Wildman–Crippen MR) is 93.1 cm³/mol. The van der Waals surface area contributed by atoms with Crippen LogP contribution in [0.1, 0.15) is 23.7 Å². The fourth-order valence-electron chi connectivity index (χ4n) is 4.70. The lowest BCUT2D eigenvalue weighted by atomic mass is 9.62. The van der Waals surface area contributed by atoms with Gasteiger partial charge < -0.3 is 9.47 Å². The Hall–Kier alpha value is -2.43. The van der Waals surface area contributed by atoms with Gasteiger partial charge in [0.05, 0.1) is 18.4 Å². The van der Waals surface area contributed by atoms with Gasteiger partial charge in [-0.1, -0.05) is 42.5 Å². The summed E-state index contributed by atoms with van der Waals surface area (Å²) in [6.45, 7) is 1.75. The molecular formula is C21H22O5. The molecule has 5 heteroatoms. The standard InChI is InChI=1S/C21H22O5/c1-2-25-20(23)18-13-8-9-14(16-10-15(13)16)19(18)21(24)26-11-17(22)12-6-4-3-5-7-12/h3-9,13-16,18-19H,2,10-11H2,1H3/t13-,14-,15-,16-,18+,19+/m1/s1. The van der Waals surface area contributed by atoms with E-state index in [1.165, 1.54) is 0 Å². The Morgan fingerprint density at radius 1 is 0.923 bits per heavy atom. The summed E-state index contributed by atoms with van der Waals surface area (Å²) < 4.78 is 10.6. The van der Waals surface area contributed by atoms with Crippen LogP contribution in [-0.4, -0.2) is 30.9 Å². The zero-order valence-corrected chi connectivity index (χ0v) is 14.7. The minimum absolute atomic E-state index is 0.0127. The van der Waals surface area contributed by atoms with Gasteiger partial charge >= 0.3 is 11.9 Å². The molecule has 1 aromatic carbocycles. The summed E-state index contributed by atoms with van der Waals surface area (Å²) in [7, 11) is 0. The molecule has 0 unspecified atom stereocenters. The molecule has 6 atom stereocenters. The van der Waals surface area contributed by atoms with Crippen molar-refractivity contribution in [1.82, 2.24) is 0 Å². The number of hydrogen-bond donors (Lipinski definition) is 0. The first-order valence-corrected chi connectivity index (χ1v) is 9.21. The highest BCUT2D eigenvalue weighted by Gasteiger charge is 2.63. The number of allylic oxidation sites excluding steroid dienone is 2. The third-order valence-electron chi connectivity index (χ3n) is 5.92. The van der Waals surface area contributed by atoms with E-state index < -0.39 is 17.8 Å². The highest BCUT2D eigenvalue weighted by Crippen LogP contribution is 2.63. The van der Waals surface area contributed by atoms with E-state index in [1.54, 1.807) is 31.2 Å². The topological polar surface area (TPSA) is 69.7 Å². The Balaban J connectivity index is 1.47. The van der Waals surface area contributed by atoms with Crippen molar-refractivity contribution in [2.24, 2.45) is 35.5 Å². The number of fused-ring (bicyclic) bond motifs is 1. The molecule has 2 fully saturated rings. The van der Waals surface area contributed by atoms with Crippen LogP contribution in [0.4, 0.5) is 0 Å². The Kier molecular flexibility index (Phi) is 4.39. The van der Waals surface area contributed by atoms with Crippen molar-refractivity contribution >= 4 is 17.7 Å². The summed E-state index contributed by atoms with van der Waals surface area (Å²) in [5.41, 5.74) is 0.509. The van der Waals surface area contributed by atoms with Gasteiger partial charge in [-0.15, -0.1) is 0 Å². The van der Waals surface area contributed by atoms with E-state index in [4.69, 9.17) is 9.47 Å². The molecule has 0 spiro atoms. The molecule has 0 aromatic heterocycles. The van der Waals surface area contributed by atoms with Gasteiger partial charge in [-0.2, -0.15) is 0 Å². The molecule has 26 heavy (non-hydrogen) atoms. The van der Waals surface area contributed by atoms with Gasteiger partial charge in [0.1, 0.15) is 0 Å². The second-order valence-electron chi connectivity index (χ2n) is 7.30. The minimum atomic E-state index is -0.545. The zero-order chi connectivity index (χ0) is 18.3. The SMILES string of the molecule is CCOC(=O)[C@H]1[C@@H]2C=C[C@H]([C@H]3C[C@H]23)[C@@H]1C(=O)OCC(=O)c1ccccc1. The van der Waals surface area contributed by atoms with Crippen LogP contribution in [0.5, 0.6) is 0 Å². The number of Topliss-reactive ketones (excluding diaryl/α,β-unsaturated/α-hetero) is 1. The molecule has 5 rings (SSSR count). The van der Waals surface area contributed by atoms with Crippen molar-refractivity contribution in [3.63, 3.8) is 0 Å². The number of ether oxygens (including phenoxy) is 2. The molecule has 136 valence electrons. The Labute approximate surface area is 152 Å². The number of ketones is 1. The number of hydrogen-bond acceptors (Lipinski definition) is 5. The van der Waals surface area contributed by atoms with Crippen LogP contribution in [0.25, 0.3) is 0 Å². The summed E-state index contributed by atoms with van der Waals surface area (Å²) in [5, 5.41) is 0. The van der Waals surface area contributed by atoms with Gasteiger partial charge in [0.25, 0.3) is 0 Å². The number of esters is 2. The van der Waals surface area contributed by atoms with Crippen LogP contribution in [0.3, 0.4) is 0 Å². The van der Waals surface area contributed by atoms with Crippen molar-refractivity contribution in [1.29, 1.82) is 0 Å². The normalized spacial score (nSPS) is 33.3. The number of benzene rings is 1. The van der Waals surface area contributed by atoms with Gasteiger partial charge in [-0.25, -0.2) is 0 Å². The van der Waals surface area contributed by atoms with Crippen molar-refractivity contribution in [3.8, 4) is 0 Å². The van der Waals surface area contributed by atoms with Gasteiger partial charge in [-0.3, -0.25) is 14.4 Å². The van der Waals surface area contributed by atoms with Gasteiger partial charge in [0.2, 0.25) is 0 Å². The second-order valence-corrected chi connectivity index (χ2v) is 7.30. The first-order valence-electron chi connectivity index (χ1n) is 9.21. The quantitative estimate of drug-likeness (QED) is 0.446. The third kappa shape index (κ3) is 2.85. The minimum Gasteiger partial charge on any atom is -0.466 e. The van der Waals surface area contributed by atoms with E-state index >= 15 is 0 Å². The van der Waals surface area contributed by atoms with Crippen LogP contribution in [0.15, 0.2) is 42.5 Å². The van der Waals surface area contributed by atoms with E-state index in [0.717, 1.165) is 6.42 Å². The molecular weight excluding hydrogens is 332 g/mol. The molecule has 0 heterocycles. The van der Waals surface area contributed by atoms with Gasteiger partial charge in [0, 0.05) is 5.56 Å². The average molecular weight is 354 g/mol. The average Bonchev–Trinajstić information content (AvgIpc) is 3.48. The lowest BCUT2D eigenvalue weighted by Crippen LogP contribution is -2.48. The molecule has 4 aliphatic rings. The highest BCUT2D eigenvalue weighted by atomic mass is 16.5. The van der Waals surface area contributed by atoms with Crippen LogP contribution in [0.2, 0.25) is 0 Å². The monoisotopic (exact) mass is 354 g/mol. The van der Waals surface area contributed by atoms with Crippen LogP contribution < -0.4 is 0 Å². The summed E-state index contributed by atoms with van der Waals surface area (Å²) in [6, 6.07) is 8.74. The smallest absolute Gasteiger partial charge is 0.310 e. The second kappa shape index (κ2) is 6.71. The van der Waals surface area contributed by atoms with Crippen LogP contribution in [-0.2, 0) is 19.1 Å². The Bertz CT molecular complexity index is 753. The molecule has 0 saturated heterocycles. The Morgan fingerprint density at radius 3 is 2.08 bits per heavy atom. The summed E-state index contributed by atoms with van der Waals surface area (Å²) in [5.74, 6) is -1.07. The molecule has 4 aliphatic carbocycles. The zero-order valence-electron chi connectivity index (χ0n) is 14.7. The van der Waals surface area contributed by atoms with Crippen molar-refractivity contribution in [2.75, 3.05) is 13.2 Å². The maximum atomic E-state index is 12.8. The van der Waals surface area contributed by atoms with Crippen LogP contribution in [0, 0.1) is 35.5 Å². The number of carbonyl (C=O) groups is 3. The molecule has 2 saturated carbocycles. The largest absolute Gasteiger partial charge is 0.466 e.